The van der Waals surface area contributed by atoms with Gasteiger partial charge in [-0.15, -0.1) is 13.2 Å². The summed E-state index contributed by atoms with van der Waals surface area (Å²) in [4.78, 5) is 15.8. The van der Waals surface area contributed by atoms with Crippen LogP contribution in [0.4, 0.5) is 17.6 Å². The summed E-state index contributed by atoms with van der Waals surface area (Å²) in [5.41, 5.74) is -0.576. The van der Waals surface area contributed by atoms with Crippen molar-refractivity contribution in [2.24, 2.45) is 0 Å². The molecule has 0 aliphatic rings. The van der Waals surface area contributed by atoms with Crippen molar-refractivity contribution in [1.82, 2.24) is 4.98 Å². The van der Waals surface area contributed by atoms with E-state index in [1.807, 2.05) is 0 Å². The summed E-state index contributed by atoms with van der Waals surface area (Å²) in [5.74, 6) is -1.31. The van der Waals surface area contributed by atoms with Crippen molar-refractivity contribution in [3.63, 3.8) is 0 Å². The molecule has 0 radical (unpaired) electrons. The molecule has 0 amide bonds. The van der Waals surface area contributed by atoms with Crippen molar-refractivity contribution < 1.29 is 26.7 Å². The Labute approximate surface area is 125 Å². The van der Waals surface area contributed by atoms with Crippen LogP contribution < -0.4 is 10.4 Å². The molecule has 0 bridgehead atoms. The zero-order valence-corrected chi connectivity index (χ0v) is 11.2. The molecule has 0 aliphatic carbocycles. The second-order valence-corrected chi connectivity index (χ2v) is 4.51. The molecule has 8 heteroatoms. The van der Waals surface area contributed by atoms with E-state index in [1.165, 1.54) is 24.3 Å². The highest BCUT2D eigenvalue weighted by Gasteiger charge is 2.31. The molecule has 4 nitrogen and oxygen atoms in total. The van der Waals surface area contributed by atoms with Crippen LogP contribution in [0.1, 0.15) is 0 Å². The van der Waals surface area contributed by atoms with E-state index >= 15 is 0 Å². The van der Waals surface area contributed by atoms with E-state index in [-0.39, 0.29) is 22.4 Å². The molecule has 2 aromatic carbocycles. The highest BCUT2D eigenvalue weighted by Crippen LogP contribution is 2.26. The van der Waals surface area contributed by atoms with E-state index < -0.39 is 23.6 Å². The topological polar surface area (TPSA) is 52.3 Å². The normalized spacial score (nSPS) is 11.7. The van der Waals surface area contributed by atoms with Crippen molar-refractivity contribution >= 4 is 10.9 Å². The second-order valence-electron chi connectivity index (χ2n) is 4.51. The molecule has 1 heterocycles. The Balaban J connectivity index is 2.02. The van der Waals surface area contributed by atoms with Crippen molar-refractivity contribution in [2.45, 2.75) is 6.36 Å². The number of rotatable bonds is 2. The third kappa shape index (κ3) is 3.15. The quantitative estimate of drug-likeness (QED) is 0.671. The third-order valence-electron chi connectivity index (χ3n) is 2.94. The lowest BCUT2D eigenvalue weighted by Crippen LogP contribution is -2.16. The lowest BCUT2D eigenvalue weighted by Gasteiger charge is -2.09. The largest absolute Gasteiger partial charge is 0.573 e. The number of hydrogen-bond donors (Lipinski definition) is 0. The summed E-state index contributed by atoms with van der Waals surface area (Å²) in [6, 6.07) is 8.52. The maximum Gasteiger partial charge on any atom is 0.573 e. The molecule has 0 N–H and O–H groups in total. The second kappa shape index (κ2) is 5.38. The molecule has 0 fully saturated rings. The monoisotopic (exact) mass is 325 g/mol. The predicted octanol–water partition coefficient (Wildman–Crippen LogP) is 3.89. The van der Waals surface area contributed by atoms with E-state index in [9.17, 15) is 22.4 Å². The van der Waals surface area contributed by atoms with Gasteiger partial charge in [0.1, 0.15) is 17.0 Å². The zero-order valence-electron chi connectivity index (χ0n) is 11.2. The summed E-state index contributed by atoms with van der Waals surface area (Å²) in [7, 11) is 0. The smallest absolute Gasteiger partial charge is 0.406 e. The first-order valence-electron chi connectivity index (χ1n) is 6.29. The number of alkyl halides is 3. The molecule has 3 aromatic rings. The van der Waals surface area contributed by atoms with E-state index in [2.05, 4.69) is 9.72 Å². The highest BCUT2D eigenvalue weighted by atomic mass is 19.4. The minimum Gasteiger partial charge on any atom is -0.406 e. The van der Waals surface area contributed by atoms with Crippen LogP contribution in [0.25, 0.3) is 22.4 Å². The van der Waals surface area contributed by atoms with Gasteiger partial charge in [-0.1, -0.05) is 6.07 Å². The van der Waals surface area contributed by atoms with Gasteiger partial charge in [0.15, 0.2) is 0 Å². The van der Waals surface area contributed by atoms with Gasteiger partial charge in [0.25, 0.3) is 0 Å². The number of hydrogen-bond acceptors (Lipinski definition) is 4. The molecule has 118 valence electrons. The summed E-state index contributed by atoms with van der Waals surface area (Å²) < 4.78 is 58.5. The van der Waals surface area contributed by atoms with Gasteiger partial charge in [-0.2, -0.15) is 0 Å². The number of fused-ring (bicyclic) bond motifs is 1. The van der Waals surface area contributed by atoms with Gasteiger partial charge >= 0.3 is 12.0 Å². The van der Waals surface area contributed by atoms with Crippen LogP contribution in [-0.2, 0) is 0 Å². The summed E-state index contributed by atoms with van der Waals surface area (Å²) in [6.45, 7) is 0. The van der Waals surface area contributed by atoms with Crippen LogP contribution in [0.15, 0.2) is 51.7 Å². The molecule has 0 aliphatic heterocycles. The molecule has 0 unspecified atom stereocenters. The van der Waals surface area contributed by atoms with E-state index in [0.717, 1.165) is 18.2 Å². The Hall–Kier alpha value is -2.90. The Bertz CT molecular complexity index is 917. The minimum absolute atomic E-state index is 0.0897. The average Bonchev–Trinajstić information content (AvgIpc) is 2.46. The average molecular weight is 325 g/mol. The summed E-state index contributed by atoms with van der Waals surface area (Å²) in [5, 5.41) is -0.284. The fourth-order valence-electron chi connectivity index (χ4n) is 2.00. The Morgan fingerprint density at radius 3 is 2.39 bits per heavy atom. The number of aromatic nitrogens is 1. The lowest BCUT2D eigenvalue weighted by molar-refractivity contribution is -0.274. The Morgan fingerprint density at radius 1 is 1.04 bits per heavy atom. The van der Waals surface area contributed by atoms with Crippen LogP contribution in [0, 0.1) is 5.82 Å². The van der Waals surface area contributed by atoms with E-state index in [4.69, 9.17) is 4.42 Å². The van der Waals surface area contributed by atoms with E-state index in [1.54, 1.807) is 0 Å². The third-order valence-corrected chi connectivity index (χ3v) is 2.94. The molecule has 0 saturated heterocycles. The maximum absolute atomic E-state index is 13.6. The fraction of sp³-hybridized carbons (Fsp3) is 0.0667. The molecule has 0 saturated carbocycles. The molecule has 0 atom stereocenters. The van der Waals surface area contributed by atoms with Crippen molar-refractivity contribution in [3.8, 4) is 17.2 Å². The van der Waals surface area contributed by atoms with Crippen molar-refractivity contribution in [2.75, 3.05) is 0 Å². The van der Waals surface area contributed by atoms with Crippen LogP contribution in [0.3, 0.4) is 0 Å². The Kier molecular flexibility index (Phi) is 3.51. The molecule has 23 heavy (non-hydrogen) atoms. The first kappa shape index (κ1) is 15.0. The highest BCUT2D eigenvalue weighted by molar-refractivity contribution is 5.79. The summed E-state index contributed by atoms with van der Waals surface area (Å²) >= 11 is 0. The zero-order chi connectivity index (χ0) is 16.6. The van der Waals surface area contributed by atoms with Crippen molar-refractivity contribution in [3.05, 3.63) is 58.7 Å². The predicted molar refractivity (Wildman–Crippen MR) is 72.4 cm³/mol. The molecular weight excluding hydrogens is 318 g/mol. The van der Waals surface area contributed by atoms with Crippen LogP contribution in [-0.4, -0.2) is 11.3 Å². The van der Waals surface area contributed by atoms with Gasteiger partial charge in [-0.05, 0) is 36.4 Å². The molecular formula is C15H7F4NO3. The van der Waals surface area contributed by atoms with Gasteiger partial charge < -0.3 is 9.15 Å². The molecule has 0 spiro atoms. The van der Waals surface area contributed by atoms with Crippen LogP contribution >= 0.6 is 0 Å². The molecule has 1 aromatic heterocycles. The van der Waals surface area contributed by atoms with Gasteiger partial charge in [0, 0.05) is 5.56 Å². The first-order chi connectivity index (χ1) is 10.8. The lowest BCUT2D eigenvalue weighted by atomic mass is 10.2. The van der Waals surface area contributed by atoms with Crippen molar-refractivity contribution in [1.29, 1.82) is 0 Å². The summed E-state index contributed by atoms with van der Waals surface area (Å²) in [6.07, 6.45) is -4.80. The van der Waals surface area contributed by atoms with Gasteiger partial charge in [-0.3, -0.25) is 0 Å². The van der Waals surface area contributed by atoms with Gasteiger partial charge in [-0.25, -0.2) is 14.2 Å². The minimum atomic E-state index is -4.80. The number of halogens is 4. The molecule has 3 rings (SSSR count). The van der Waals surface area contributed by atoms with E-state index in [0.29, 0.717) is 0 Å². The number of ether oxygens (including phenoxy) is 1. The van der Waals surface area contributed by atoms with Gasteiger partial charge in [0.2, 0.25) is 5.89 Å². The standard InChI is InChI=1S/C15H7F4NO3/c16-10-2-1-3-11-12(10)14(21)22-13(20-11)8-4-6-9(7-5-8)23-15(17,18)19/h1-7H. The SMILES string of the molecule is O=c1oc(-c2ccc(OC(F)(F)F)cc2)nc2cccc(F)c12. The van der Waals surface area contributed by atoms with Gasteiger partial charge in [0.05, 0.1) is 5.52 Å². The van der Waals surface area contributed by atoms with Crippen LogP contribution in [0.2, 0.25) is 0 Å². The fourth-order valence-corrected chi connectivity index (χ4v) is 2.00. The number of benzene rings is 2. The maximum atomic E-state index is 13.6. The number of nitrogens with zero attached hydrogens (tertiary/aromatic N) is 1. The Morgan fingerprint density at radius 2 is 1.74 bits per heavy atom. The first-order valence-corrected chi connectivity index (χ1v) is 6.29. The van der Waals surface area contributed by atoms with Crippen LogP contribution in [0.5, 0.6) is 5.75 Å².